The topological polar surface area (TPSA) is 49.8 Å². The Hall–Kier alpha value is -1.39. The van der Waals surface area contributed by atoms with Crippen LogP contribution in [0.4, 0.5) is 0 Å². The largest absolute Gasteiger partial charge is 0.481 e. The molecule has 1 aliphatic rings. The molecule has 0 aliphatic carbocycles. The summed E-state index contributed by atoms with van der Waals surface area (Å²) in [5.41, 5.74) is 1.32. The van der Waals surface area contributed by atoms with E-state index in [-0.39, 0.29) is 0 Å². The number of nitrogens with zero attached hydrogens (tertiary/aromatic N) is 1. The van der Waals surface area contributed by atoms with Gasteiger partial charge >= 0.3 is 5.97 Å². The maximum atomic E-state index is 10.7. The highest BCUT2D eigenvalue weighted by atomic mass is 16.5. The standard InChI is InChI=1S/C19H29NO3/c21-19(22)10-9-18-8-4-12-20(16-18)13-5-14-23-15-11-17-6-2-1-3-7-17/h1-3,6-7,18H,4-5,8-16H2,(H,21,22). The van der Waals surface area contributed by atoms with Crippen LogP contribution in [-0.4, -0.2) is 48.8 Å². The molecule has 2 rings (SSSR count). The van der Waals surface area contributed by atoms with Crippen LogP contribution in [0.5, 0.6) is 0 Å². The van der Waals surface area contributed by atoms with E-state index in [0.717, 1.165) is 52.1 Å². The number of ether oxygens (including phenoxy) is 1. The van der Waals surface area contributed by atoms with E-state index >= 15 is 0 Å². The van der Waals surface area contributed by atoms with E-state index in [9.17, 15) is 4.79 Å². The third-order valence-corrected chi connectivity index (χ3v) is 4.51. The summed E-state index contributed by atoms with van der Waals surface area (Å²) in [7, 11) is 0. The van der Waals surface area contributed by atoms with Crippen LogP contribution in [0.15, 0.2) is 30.3 Å². The van der Waals surface area contributed by atoms with Gasteiger partial charge in [0.1, 0.15) is 0 Å². The van der Waals surface area contributed by atoms with Gasteiger partial charge in [-0.05, 0) is 50.1 Å². The average Bonchev–Trinajstić information content (AvgIpc) is 2.57. The van der Waals surface area contributed by atoms with Gasteiger partial charge in [0.25, 0.3) is 0 Å². The molecule has 1 unspecified atom stereocenters. The Balaban J connectivity index is 1.51. The molecule has 0 aromatic heterocycles. The van der Waals surface area contributed by atoms with Gasteiger partial charge in [-0.15, -0.1) is 0 Å². The molecule has 1 saturated heterocycles. The van der Waals surface area contributed by atoms with Crippen molar-refractivity contribution in [2.45, 2.75) is 38.5 Å². The average molecular weight is 319 g/mol. The summed E-state index contributed by atoms with van der Waals surface area (Å²) in [5, 5.41) is 8.79. The lowest BCUT2D eigenvalue weighted by atomic mass is 9.93. The van der Waals surface area contributed by atoms with Crippen molar-refractivity contribution in [2.75, 3.05) is 32.8 Å². The molecule has 1 aromatic rings. The van der Waals surface area contributed by atoms with Crippen LogP contribution in [0.1, 0.15) is 37.7 Å². The first-order chi connectivity index (χ1) is 11.2. The van der Waals surface area contributed by atoms with Crippen molar-refractivity contribution in [1.29, 1.82) is 0 Å². The molecule has 1 N–H and O–H groups in total. The van der Waals surface area contributed by atoms with Crippen LogP contribution in [0.25, 0.3) is 0 Å². The van der Waals surface area contributed by atoms with Crippen molar-refractivity contribution in [3.05, 3.63) is 35.9 Å². The third kappa shape index (κ3) is 7.62. The lowest BCUT2D eigenvalue weighted by Gasteiger charge is -2.32. The number of rotatable bonds is 10. The Morgan fingerprint density at radius 3 is 2.87 bits per heavy atom. The van der Waals surface area contributed by atoms with E-state index in [1.54, 1.807) is 0 Å². The fourth-order valence-electron chi connectivity index (χ4n) is 3.24. The Morgan fingerprint density at radius 1 is 1.26 bits per heavy atom. The monoisotopic (exact) mass is 319 g/mol. The van der Waals surface area contributed by atoms with E-state index in [4.69, 9.17) is 9.84 Å². The quantitative estimate of drug-likeness (QED) is 0.673. The minimum Gasteiger partial charge on any atom is -0.481 e. The Morgan fingerprint density at radius 2 is 2.09 bits per heavy atom. The van der Waals surface area contributed by atoms with Gasteiger partial charge in [-0.1, -0.05) is 30.3 Å². The van der Waals surface area contributed by atoms with Gasteiger partial charge in [-0.25, -0.2) is 0 Å². The van der Waals surface area contributed by atoms with Gasteiger partial charge in [-0.3, -0.25) is 4.79 Å². The van der Waals surface area contributed by atoms with E-state index < -0.39 is 5.97 Å². The molecule has 0 amide bonds. The van der Waals surface area contributed by atoms with Crippen molar-refractivity contribution < 1.29 is 14.6 Å². The van der Waals surface area contributed by atoms with Gasteiger partial charge in [0, 0.05) is 26.1 Å². The van der Waals surface area contributed by atoms with Crippen molar-refractivity contribution in [3.8, 4) is 0 Å². The number of benzene rings is 1. The van der Waals surface area contributed by atoms with Crippen LogP contribution < -0.4 is 0 Å². The molecule has 23 heavy (non-hydrogen) atoms. The second kappa shape index (κ2) is 10.4. The number of carboxylic acid groups (broad SMARTS) is 1. The predicted octanol–water partition coefficient (Wildman–Crippen LogP) is 3.21. The van der Waals surface area contributed by atoms with E-state index in [1.165, 1.54) is 18.4 Å². The van der Waals surface area contributed by atoms with Crippen LogP contribution in [-0.2, 0) is 16.0 Å². The van der Waals surface area contributed by atoms with Gasteiger partial charge in [0.2, 0.25) is 0 Å². The second-order valence-corrected chi connectivity index (χ2v) is 6.44. The van der Waals surface area contributed by atoms with Crippen molar-refractivity contribution in [3.63, 3.8) is 0 Å². The number of hydrogen-bond acceptors (Lipinski definition) is 3. The fourth-order valence-corrected chi connectivity index (χ4v) is 3.24. The Labute approximate surface area is 139 Å². The first-order valence-corrected chi connectivity index (χ1v) is 8.80. The van der Waals surface area contributed by atoms with Gasteiger partial charge in [0.05, 0.1) is 6.61 Å². The molecular formula is C19H29NO3. The molecule has 4 heteroatoms. The zero-order chi connectivity index (χ0) is 16.3. The number of hydrogen-bond donors (Lipinski definition) is 1. The lowest BCUT2D eigenvalue weighted by Crippen LogP contribution is -2.36. The second-order valence-electron chi connectivity index (χ2n) is 6.44. The van der Waals surface area contributed by atoms with Crippen molar-refractivity contribution in [1.82, 2.24) is 4.90 Å². The normalized spacial score (nSPS) is 18.9. The highest BCUT2D eigenvalue weighted by molar-refractivity contribution is 5.66. The van der Waals surface area contributed by atoms with Crippen LogP contribution in [0.2, 0.25) is 0 Å². The summed E-state index contributed by atoms with van der Waals surface area (Å²) in [6.07, 6.45) is 5.53. The predicted molar refractivity (Wildman–Crippen MR) is 91.6 cm³/mol. The molecule has 1 fully saturated rings. The van der Waals surface area contributed by atoms with Gasteiger partial charge in [0.15, 0.2) is 0 Å². The number of carboxylic acids is 1. The van der Waals surface area contributed by atoms with E-state index in [2.05, 4.69) is 29.2 Å². The molecule has 1 heterocycles. The summed E-state index contributed by atoms with van der Waals surface area (Å²) in [4.78, 5) is 13.1. The molecular weight excluding hydrogens is 290 g/mol. The molecule has 0 saturated carbocycles. The molecule has 0 radical (unpaired) electrons. The summed E-state index contributed by atoms with van der Waals surface area (Å²) >= 11 is 0. The lowest BCUT2D eigenvalue weighted by molar-refractivity contribution is -0.137. The first kappa shape index (κ1) is 18.0. The Kier molecular flexibility index (Phi) is 8.12. The molecule has 0 bridgehead atoms. The van der Waals surface area contributed by atoms with E-state index in [0.29, 0.717) is 12.3 Å². The summed E-state index contributed by atoms with van der Waals surface area (Å²) in [5.74, 6) is -0.118. The summed E-state index contributed by atoms with van der Waals surface area (Å²) in [6, 6.07) is 10.4. The van der Waals surface area contributed by atoms with Crippen molar-refractivity contribution in [2.24, 2.45) is 5.92 Å². The van der Waals surface area contributed by atoms with Crippen LogP contribution >= 0.6 is 0 Å². The van der Waals surface area contributed by atoms with E-state index in [1.807, 2.05) is 6.07 Å². The third-order valence-electron chi connectivity index (χ3n) is 4.51. The minimum atomic E-state index is -0.672. The highest BCUT2D eigenvalue weighted by Gasteiger charge is 2.19. The highest BCUT2D eigenvalue weighted by Crippen LogP contribution is 2.21. The Bertz CT molecular complexity index is 449. The zero-order valence-electron chi connectivity index (χ0n) is 14.0. The molecule has 4 nitrogen and oxygen atoms in total. The maximum Gasteiger partial charge on any atom is 0.303 e. The first-order valence-electron chi connectivity index (χ1n) is 8.80. The molecule has 1 aromatic carbocycles. The van der Waals surface area contributed by atoms with Crippen LogP contribution in [0.3, 0.4) is 0 Å². The SMILES string of the molecule is O=C(O)CCC1CCCN(CCCOCCc2ccccc2)C1. The summed E-state index contributed by atoms with van der Waals surface area (Å²) in [6.45, 7) is 4.86. The number of piperidine rings is 1. The number of aliphatic carboxylic acids is 1. The van der Waals surface area contributed by atoms with Crippen molar-refractivity contribution >= 4 is 5.97 Å². The smallest absolute Gasteiger partial charge is 0.303 e. The number of likely N-dealkylation sites (tertiary alicyclic amines) is 1. The minimum absolute atomic E-state index is 0.307. The molecule has 128 valence electrons. The fraction of sp³-hybridized carbons (Fsp3) is 0.632. The summed E-state index contributed by atoms with van der Waals surface area (Å²) < 4.78 is 5.73. The maximum absolute atomic E-state index is 10.7. The number of carbonyl (C=O) groups is 1. The molecule has 1 atom stereocenters. The molecule has 1 aliphatic heterocycles. The van der Waals surface area contributed by atoms with Gasteiger partial charge < -0.3 is 14.7 Å². The zero-order valence-corrected chi connectivity index (χ0v) is 14.0. The van der Waals surface area contributed by atoms with Gasteiger partial charge in [-0.2, -0.15) is 0 Å². The molecule has 0 spiro atoms. The van der Waals surface area contributed by atoms with Crippen LogP contribution in [0, 0.1) is 5.92 Å².